The molecule has 0 unspecified atom stereocenters. The van der Waals surface area contributed by atoms with Crippen molar-refractivity contribution in [3.05, 3.63) is 53.0 Å². The number of para-hydroxylation sites is 1. The van der Waals surface area contributed by atoms with Gasteiger partial charge >= 0.3 is 0 Å². The largest absolute Gasteiger partial charge is 0.507 e. The van der Waals surface area contributed by atoms with Crippen LogP contribution in [-0.4, -0.2) is 25.6 Å². The second-order valence-corrected chi connectivity index (χ2v) is 6.96. The third-order valence-corrected chi connectivity index (χ3v) is 4.96. The van der Waals surface area contributed by atoms with Gasteiger partial charge in [0.05, 0.1) is 5.56 Å². The molecular formula is C17H16BrN3OS. The molecule has 0 bridgehead atoms. The molecule has 6 heteroatoms. The van der Waals surface area contributed by atoms with Gasteiger partial charge in [0.25, 0.3) is 0 Å². The van der Waals surface area contributed by atoms with Crippen molar-refractivity contribution in [2.75, 3.05) is 5.75 Å². The molecule has 3 rings (SSSR count). The predicted molar refractivity (Wildman–Crippen MR) is 97.2 cm³/mol. The molecule has 0 aliphatic carbocycles. The van der Waals surface area contributed by atoms with E-state index in [1.165, 1.54) is 0 Å². The number of halogens is 1. The fourth-order valence-electron chi connectivity index (χ4n) is 2.22. The predicted octanol–water partition coefficient (Wildman–Crippen LogP) is 4.90. The maximum Gasteiger partial charge on any atom is 0.196 e. The summed E-state index contributed by atoms with van der Waals surface area (Å²) in [5, 5.41) is 19.6. The molecule has 0 aliphatic heterocycles. The summed E-state index contributed by atoms with van der Waals surface area (Å²) in [7, 11) is 0. The first kappa shape index (κ1) is 16.1. The van der Waals surface area contributed by atoms with E-state index in [0.717, 1.165) is 27.5 Å². The summed E-state index contributed by atoms with van der Waals surface area (Å²) in [6.45, 7) is 2.14. The Morgan fingerprint density at radius 1 is 1.09 bits per heavy atom. The van der Waals surface area contributed by atoms with Gasteiger partial charge in [-0.05, 0) is 42.8 Å². The molecule has 1 N–H and O–H groups in total. The number of phenolic OH excluding ortho intramolecular Hbond substituents is 1. The monoisotopic (exact) mass is 389 g/mol. The van der Waals surface area contributed by atoms with Gasteiger partial charge in [0.15, 0.2) is 11.0 Å². The number of hydrogen-bond donors (Lipinski definition) is 1. The van der Waals surface area contributed by atoms with Gasteiger partial charge in [-0.2, -0.15) is 0 Å². The number of thioether (sulfide) groups is 1. The third-order valence-electron chi connectivity index (χ3n) is 3.30. The Hall–Kier alpha value is -1.79. The summed E-state index contributed by atoms with van der Waals surface area (Å²) in [6, 6.07) is 15.2. The Kier molecular flexibility index (Phi) is 5.03. The first-order valence-electron chi connectivity index (χ1n) is 7.33. The molecule has 0 fully saturated rings. The van der Waals surface area contributed by atoms with E-state index in [2.05, 4.69) is 33.1 Å². The van der Waals surface area contributed by atoms with Crippen LogP contribution in [0, 0.1) is 0 Å². The van der Waals surface area contributed by atoms with E-state index < -0.39 is 0 Å². The number of hydrogen-bond acceptors (Lipinski definition) is 4. The van der Waals surface area contributed by atoms with Crippen LogP contribution in [0.15, 0.2) is 58.2 Å². The van der Waals surface area contributed by atoms with Crippen LogP contribution in [0.25, 0.3) is 17.1 Å². The van der Waals surface area contributed by atoms with Crippen LogP contribution < -0.4 is 0 Å². The molecule has 1 aromatic heterocycles. The topological polar surface area (TPSA) is 50.9 Å². The van der Waals surface area contributed by atoms with Crippen molar-refractivity contribution >= 4 is 27.7 Å². The average Bonchev–Trinajstić information content (AvgIpc) is 2.98. The van der Waals surface area contributed by atoms with Crippen molar-refractivity contribution in [3.8, 4) is 22.8 Å². The van der Waals surface area contributed by atoms with Crippen molar-refractivity contribution in [2.45, 2.75) is 18.5 Å². The van der Waals surface area contributed by atoms with Crippen molar-refractivity contribution in [2.24, 2.45) is 0 Å². The molecule has 0 radical (unpaired) electrons. The van der Waals surface area contributed by atoms with E-state index >= 15 is 0 Å². The normalized spacial score (nSPS) is 10.9. The standard InChI is InChI=1S/C17H16BrN3OS/c1-2-11-23-17-20-19-16(14-5-3-4-6-15(14)22)21(17)13-9-7-12(18)8-10-13/h3-10,22H,2,11H2,1H3. The fourth-order valence-corrected chi connectivity index (χ4v) is 3.29. The molecule has 0 aliphatic rings. The Morgan fingerprint density at radius 2 is 1.83 bits per heavy atom. The lowest BCUT2D eigenvalue weighted by atomic mass is 10.2. The van der Waals surface area contributed by atoms with Gasteiger partial charge in [0, 0.05) is 15.9 Å². The van der Waals surface area contributed by atoms with Crippen LogP contribution in [-0.2, 0) is 0 Å². The highest BCUT2D eigenvalue weighted by atomic mass is 79.9. The number of benzene rings is 2. The summed E-state index contributed by atoms with van der Waals surface area (Å²) in [4.78, 5) is 0. The molecule has 23 heavy (non-hydrogen) atoms. The first-order chi connectivity index (χ1) is 11.2. The minimum Gasteiger partial charge on any atom is -0.507 e. The van der Waals surface area contributed by atoms with E-state index in [-0.39, 0.29) is 5.75 Å². The molecule has 0 atom stereocenters. The zero-order valence-electron chi connectivity index (χ0n) is 12.6. The zero-order valence-corrected chi connectivity index (χ0v) is 15.0. The fraction of sp³-hybridized carbons (Fsp3) is 0.176. The molecule has 118 valence electrons. The SMILES string of the molecule is CCCSc1nnc(-c2ccccc2O)n1-c1ccc(Br)cc1. The van der Waals surface area contributed by atoms with Gasteiger partial charge in [-0.15, -0.1) is 10.2 Å². The van der Waals surface area contributed by atoms with E-state index in [4.69, 9.17) is 0 Å². The number of phenols is 1. The van der Waals surface area contributed by atoms with E-state index in [1.54, 1.807) is 23.9 Å². The number of aromatic nitrogens is 3. The summed E-state index contributed by atoms with van der Waals surface area (Å²) < 4.78 is 3.00. The summed E-state index contributed by atoms with van der Waals surface area (Å²) in [5.74, 6) is 1.81. The maximum atomic E-state index is 10.2. The Morgan fingerprint density at radius 3 is 2.52 bits per heavy atom. The summed E-state index contributed by atoms with van der Waals surface area (Å²) in [5.41, 5.74) is 1.64. The minimum atomic E-state index is 0.199. The van der Waals surface area contributed by atoms with Gasteiger partial charge in [0.1, 0.15) is 5.75 Å². The van der Waals surface area contributed by atoms with E-state index in [9.17, 15) is 5.11 Å². The quantitative estimate of drug-likeness (QED) is 0.630. The average molecular weight is 390 g/mol. The van der Waals surface area contributed by atoms with E-state index in [0.29, 0.717) is 11.4 Å². The molecule has 2 aromatic carbocycles. The second-order valence-electron chi connectivity index (χ2n) is 4.98. The number of aromatic hydroxyl groups is 1. The second kappa shape index (κ2) is 7.19. The van der Waals surface area contributed by atoms with Crippen LogP contribution in [0.1, 0.15) is 13.3 Å². The highest BCUT2D eigenvalue weighted by Crippen LogP contribution is 2.32. The Balaban J connectivity index is 2.15. The van der Waals surface area contributed by atoms with E-state index in [1.807, 2.05) is 41.0 Å². The van der Waals surface area contributed by atoms with Crippen LogP contribution in [0.3, 0.4) is 0 Å². The highest BCUT2D eigenvalue weighted by molar-refractivity contribution is 9.10. The van der Waals surface area contributed by atoms with Crippen LogP contribution in [0.5, 0.6) is 5.75 Å². The maximum absolute atomic E-state index is 10.2. The molecule has 4 nitrogen and oxygen atoms in total. The Bertz CT molecular complexity index is 802. The molecular weight excluding hydrogens is 374 g/mol. The lowest BCUT2D eigenvalue weighted by Gasteiger charge is -2.11. The van der Waals surface area contributed by atoms with Gasteiger partial charge in [0.2, 0.25) is 0 Å². The van der Waals surface area contributed by atoms with Crippen LogP contribution in [0.2, 0.25) is 0 Å². The van der Waals surface area contributed by atoms with Crippen molar-refractivity contribution in [1.82, 2.24) is 14.8 Å². The van der Waals surface area contributed by atoms with Gasteiger partial charge in [-0.25, -0.2) is 0 Å². The van der Waals surface area contributed by atoms with Gasteiger partial charge in [-0.3, -0.25) is 4.57 Å². The molecule has 0 amide bonds. The molecule has 1 heterocycles. The van der Waals surface area contributed by atoms with Crippen molar-refractivity contribution < 1.29 is 5.11 Å². The minimum absolute atomic E-state index is 0.199. The summed E-state index contributed by atoms with van der Waals surface area (Å²) in [6.07, 6.45) is 1.06. The lowest BCUT2D eigenvalue weighted by Crippen LogP contribution is -2.00. The number of nitrogens with zero attached hydrogens (tertiary/aromatic N) is 3. The molecule has 0 saturated carbocycles. The smallest absolute Gasteiger partial charge is 0.196 e. The van der Waals surface area contributed by atoms with Gasteiger partial charge in [-0.1, -0.05) is 46.7 Å². The van der Waals surface area contributed by atoms with Crippen molar-refractivity contribution in [1.29, 1.82) is 0 Å². The molecule has 3 aromatic rings. The summed E-state index contributed by atoms with van der Waals surface area (Å²) >= 11 is 5.12. The number of rotatable bonds is 5. The lowest BCUT2D eigenvalue weighted by molar-refractivity contribution is 0.476. The first-order valence-corrected chi connectivity index (χ1v) is 9.11. The molecule has 0 saturated heterocycles. The van der Waals surface area contributed by atoms with Crippen molar-refractivity contribution in [3.63, 3.8) is 0 Å². The van der Waals surface area contributed by atoms with Crippen LogP contribution in [0.4, 0.5) is 0 Å². The molecule has 0 spiro atoms. The highest BCUT2D eigenvalue weighted by Gasteiger charge is 2.18. The van der Waals surface area contributed by atoms with Crippen LogP contribution >= 0.6 is 27.7 Å². The Labute approximate surface area is 147 Å². The zero-order chi connectivity index (χ0) is 16.2. The van der Waals surface area contributed by atoms with Gasteiger partial charge < -0.3 is 5.11 Å². The third kappa shape index (κ3) is 3.43.